The molecule has 1 fully saturated rings. The van der Waals surface area contributed by atoms with Crippen LogP contribution in [0.1, 0.15) is 19.8 Å². The van der Waals surface area contributed by atoms with Crippen LogP contribution in [0, 0.1) is 0 Å². The van der Waals surface area contributed by atoms with Gasteiger partial charge < -0.3 is 10.1 Å². The average Bonchev–Trinajstić information content (AvgIpc) is 2.78. The molecular formula is C13H17N3O. The van der Waals surface area contributed by atoms with Crippen molar-refractivity contribution < 1.29 is 4.74 Å². The van der Waals surface area contributed by atoms with Crippen molar-refractivity contribution in [3.63, 3.8) is 0 Å². The molecule has 1 aliphatic rings. The maximum absolute atomic E-state index is 5.56. The summed E-state index contributed by atoms with van der Waals surface area (Å²) in [7, 11) is 0. The zero-order chi connectivity index (χ0) is 11.7. The number of aromatic nitrogens is 2. The first-order valence-electron chi connectivity index (χ1n) is 6.13. The van der Waals surface area contributed by atoms with E-state index in [2.05, 4.69) is 28.5 Å². The highest BCUT2D eigenvalue weighted by Crippen LogP contribution is 2.24. The Hall–Kier alpha value is -1.55. The van der Waals surface area contributed by atoms with Crippen molar-refractivity contribution >= 4 is 16.6 Å². The molecule has 0 radical (unpaired) electrons. The van der Waals surface area contributed by atoms with Crippen molar-refractivity contribution in [2.75, 3.05) is 11.9 Å². The zero-order valence-corrected chi connectivity index (χ0v) is 9.94. The number of anilines is 1. The standard InChI is InChI=1S/C13H17N3O/c1-9-7-10(5-6-17-9)15-12-3-2-4-13-11(12)8-14-16-13/h2-4,8-10,15H,5-7H2,1H3,(H,14,16). The predicted octanol–water partition coefficient (Wildman–Crippen LogP) is 2.54. The van der Waals surface area contributed by atoms with Crippen molar-refractivity contribution in [2.45, 2.75) is 31.9 Å². The fraction of sp³-hybridized carbons (Fsp3) is 0.462. The molecule has 1 aromatic carbocycles. The molecule has 2 unspecified atom stereocenters. The Morgan fingerprint density at radius 1 is 1.47 bits per heavy atom. The molecule has 2 atom stereocenters. The average molecular weight is 231 g/mol. The van der Waals surface area contributed by atoms with Gasteiger partial charge in [0, 0.05) is 23.7 Å². The Labute approximate surface area is 100 Å². The SMILES string of the molecule is CC1CC(Nc2cccc3[nH]ncc23)CCO1. The van der Waals surface area contributed by atoms with Gasteiger partial charge in [-0.3, -0.25) is 5.10 Å². The summed E-state index contributed by atoms with van der Waals surface area (Å²) >= 11 is 0. The van der Waals surface area contributed by atoms with E-state index in [0.717, 1.165) is 36.0 Å². The smallest absolute Gasteiger partial charge is 0.0671 e. The minimum absolute atomic E-state index is 0.352. The molecule has 0 aliphatic carbocycles. The topological polar surface area (TPSA) is 49.9 Å². The number of hydrogen-bond acceptors (Lipinski definition) is 3. The van der Waals surface area contributed by atoms with Gasteiger partial charge >= 0.3 is 0 Å². The lowest BCUT2D eigenvalue weighted by molar-refractivity contribution is 0.0232. The van der Waals surface area contributed by atoms with E-state index in [1.54, 1.807) is 0 Å². The molecule has 1 saturated heterocycles. The van der Waals surface area contributed by atoms with Crippen molar-refractivity contribution in [2.24, 2.45) is 0 Å². The van der Waals surface area contributed by atoms with Crippen molar-refractivity contribution in [1.82, 2.24) is 10.2 Å². The van der Waals surface area contributed by atoms with Gasteiger partial charge in [-0.2, -0.15) is 5.10 Å². The lowest BCUT2D eigenvalue weighted by Crippen LogP contribution is -2.32. The van der Waals surface area contributed by atoms with Gasteiger partial charge in [-0.25, -0.2) is 0 Å². The fourth-order valence-electron chi connectivity index (χ4n) is 2.44. The summed E-state index contributed by atoms with van der Waals surface area (Å²) in [6.45, 7) is 2.98. The summed E-state index contributed by atoms with van der Waals surface area (Å²) < 4.78 is 5.56. The molecule has 1 aliphatic heterocycles. The van der Waals surface area contributed by atoms with Crippen LogP contribution < -0.4 is 5.32 Å². The molecule has 4 heteroatoms. The van der Waals surface area contributed by atoms with Crippen LogP contribution in [0.2, 0.25) is 0 Å². The summed E-state index contributed by atoms with van der Waals surface area (Å²) in [6, 6.07) is 6.70. The second kappa shape index (κ2) is 4.37. The first-order chi connectivity index (χ1) is 8.33. The summed E-state index contributed by atoms with van der Waals surface area (Å²) in [5.74, 6) is 0. The number of hydrogen-bond donors (Lipinski definition) is 2. The summed E-state index contributed by atoms with van der Waals surface area (Å²) in [6.07, 6.45) is 4.36. The van der Waals surface area contributed by atoms with Crippen molar-refractivity contribution in [3.05, 3.63) is 24.4 Å². The van der Waals surface area contributed by atoms with Crippen molar-refractivity contribution in [1.29, 1.82) is 0 Å². The number of aromatic amines is 1. The largest absolute Gasteiger partial charge is 0.382 e. The van der Waals surface area contributed by atoms with Gasteiger partial charge in [-0.05, 0) is 31.9 Å². The van der Waals surface area contributed by atoms with E-state index >= 15 is 0 Å². The minimum atomic E-state index is 0.352. The molecule has 0 amide bonds. The maximum Gasteiger partial charge on any atom is 0.0671 e. The maximum atomic E-state index is 5.56. The van der Waals surface area contributed by atoms with Crippen LogP contribution in [0.5, 0.6) is 0 Å². The third-order valence-electron chi connectivity index (χ3n) is 3.33. The Morgan fingerprint density at radius 2 is 2.41 bits per heavy atom. The Morgan fingerprint density at radius 3 is 3.29 bits per heavy atom. The molecule has 3 rings (SSSR count). The van der Waals surface area contributed by atoms with Crippen LogP contribution in [-0.4, -0.2) is 29.0 Å². The molecule has 2 aromatic rings. The van der Waals surface area contributed by atoms with Gasteiger partial charge in [0.05, 0.1) is 17.8 Å². The number of fused-ring (bicyclic) bond motifs is 1. The van der Waals surface area contributed by atoms with Gasteiger partial charge in [0.2, 0.25) is 0 Å². The monoisotopic (exact) mass is 231 g/mol. The highest BCUT2D eigenvalue weighted by atomic mass is 16.5. The van der Waals surface area contributed by atoms with Crippen LogP contribution in [-0.2, 0) is 4.74 Å². The van der Waals surface area contributed by atoms with Gasteiger partial charge in [-0.1, -0.05) is 6.07 Å². The molecular weight excluding hydrogens is 214 g/mol. The highest BCUT2D eigenvalue weighted by Gasteiger charge is 2.19. The Balaban J connectivity index is 1.82. The Bertz CT molecular complexity index is 508. The predicted molar refractivity (Wildman–Crippen MR) is 68.2 cm³/mol. The number of benzene rings is 1. The second-order valence-electron chi connectivity index (χ2n) is 4.68. The summed E-state index contributed by atoms with van der Waals surface area (Å²) in [4.78, 5) is 0. The molecule has 1 aromatic heterocycles. The second-order valence-corrected chi connectivity index (χ2v) is 4.68. The Kier molecular flexibility index (Phi) is 2.73. The number of rotatable bonds is 2. The van der Waals surface area contributed by atoms with Gasteiger partial charge in [-0.15, -0.1) is 0 Å². The fourth-order valence-corrected chi connectivity index (χ4v) is 2.44. The van der Waals surface area contributed by atoms with Crippen LogP contribution in [0.25, 0.3) is 10.9 Å². The normalized spacial score (nSPS) is 25.0. The number of nitrogens with zero attached hydrogens (tertiary/aromatic N) is 1. The van der Waals surface area contributed by atoms with Crippen LogP contribution in [0.3, 0.4) is 0 Å². The van der Waals surface area contributed by atoms with E-state index in [4.69, 9.17) is 4.74 Å². The van der Waals surface area contributed by atoms with E-state index < -0.39 is 0 Å². The lowest BCUT2D eigenvalue weighted by atomic mass is 10.0. The van der Waals surface area contributed by atoms with Gasteiger partial charge in [0.25, 0.3) is 0 Å². The molecule has 0 bridgehead atoms. The summed E-state index contributed by atoms with van der Waals surface area (Å²) in [5.41, 5.74) is 2.24. The highest BCUT2D eigenvalue weighted by molar-refractivity contribution is 5.90. The lowest BCUT2D eigenvalue weighted by Gasteiger charge is -2.28. The van der Waals surface area contributed by atoms with E-state index in [-0.39, 0.29) is 0 Å². The van der Waals surface area contributed by atoms with E-state index in [0.29, 0.717) is 12.1 Å². The summed E-state index contributed by atoms with van der Waals surface area (Å²) in [5, 5.41) is 11.8. The van der Waals surface area contributed by atoms with Gasteiger partial charge in [0.1, 0.15) is 0 Å². The molecule has 17 heavy (non-hydrogen) atoms. The van der Waals surface area contributed by atoms with Crippen LogP contribution >= 0.6 is 0 Å². The van der Waals surface area contributed by atoms with E-state index in [1.165, 1.54) is 0 Å². The van der Waals surface area contributed by atoms with Crippen LogP contribution in [0.15, 0.2) is 24.4 Å². The first kappa shape index (κ1) is 10.6. The molecule has 0 spiro atoms. The zero-order valence-electron chi connectivity index (χ0n) is 9.94. The minimum Gasteiger partial charge on any atom is -0.382 e. The number of nitrogens with one attached hydrogen (secondary N) is 2. The van der Waals surface area contributed by atoms with Crippen LogP contribution in [0.4, 0.5) is 5.69 Å². The molecule has 0 saturated carbocycles. The van der Waals surface area contributed by atoms with Gasteiger partial charge in [0.15, 0.2) is 0 Å². The quantitative estimate of drug-likeness (QED) is 0.835. The third kappa shape index (κ3) is 2.13. The van der Waals surface area contributed by atoms with Crippen molar-refractivity contribution in [3.8, 4) is 0 Å². The molecule has 4 nitrogen and oxygen atoms in total. The molecule has 90 valence electrons. The molecule has 2 N–H and O–H groups in total. The third-order valence-corrected chi connectivity index (χ3v) is 3.33. The van der Waals surface area contributed by atoms with E-state index in [9.17, 15) is 0 Å². The van der Waals surface area contributed by atoms with E-state index in [1.807, 2.05) is 18.3 Å². The first-order valence-corrected chi connectivity index (χ1v) is 6.13. The number of ether oxygens (including phenoxy) is 1. The number of H-pyrrole nitrogens is 1. The molecule has 2 heterocycles.